The Balaban J connectivity index is 1.91. The Morgan fingerprint density at radius 3 is 1.21 bits per heavy atom. The van der Waals surface area contributed by atoms with E-state index in [0.717, 1.165) is 45.6 Å². The second kappa shape index (κ2) is 12.2. The number of hydrogen-bond donors (Lipinski definition) is 0. The molecule has 0 aromatic heterocycles. The van der Waals surface area contributed by atoms with Gasteiger partial charge in [0.25, 0.3) is 0 Å². The van der Waals surface area contributed by atoms with Crippen molar-refractivity contribution in [2.75, 3.05) is 21.3 Å². The zero-order valence-corrected chi connectivity index (χ0v) is 22.5. The summed E-state index contributed by atoms with van der Waals surface area (Å²) >= 11 is 0. The van der Waals surface area contributed by atoms with Gasteiger partial charge in [0, 0.05) is 13.0 Å². The van der Waals surface area contributed by atoms with Crippen molar-refractivity contribution in [1.82, 2.24) is 0 Å². The summed E-state index contributed by atoms with van der Waals surface area (Å²) in [7, 11) is 4.96. The van der Waals surface area contributed by atoms with Crippen LogP contribution in [-0.4, -0.2) is 33.6 Å². The van der Waals surface area contributed by atoms with Crippen molar-refractivity contribution >= 4 is 5.97 Å². The summed E-state index contributed by atoms with van der Waals surface area (Å²) in [5, 5.41) is 0. The molecule has 0 fully saturated rings. The van der Waals surface area contributed by atoms with Crippen molar-refractivity contribution in [2.45, 2.75) is 18.6 Å². The van der Waals surface area contributed by atoms with Crippen molar-refractivity contribution < 1.29 is 28.5 Å². The van der Waals surface area contributed by atoms with E-state index in [4.69, 9.17) is 23.7 Å². The van der Waals surface area contributed by atoms with Crippen molar-refractivity contribution in [1.29, 1.82) is 0 Å². The molecule has 0 bridgehead atoms. The quantitative estimate of drug-likeness (QED) is 0.0960. The Bertz CT molecular complexity index is 1260. The van der Waals surface area contributed by atoms with Crippen LogP contribution in [0.3, 0.4) is 0 Å². The molecule has 0 saturated heterocycles. The second-order valence-corrected chi connectivity index (χ2v) is 8.79. The molecule has 4 aromatic carbocycles. The fraction of sp³-hybridized carbons (Fsp3) is 0.182. The maximum atomic E-state index is 11.6. The topological polar surface area (TPSA) is 63.2 Å². The van der Waals surface area contributed by atoms with Crippen LogP contribution in [0.25, 0.3) is 0 Å². The summed E-state index contributed by atoms with van der Waals surface area (Å²) in [5.74, 6) is 2.32. The zero-order chi connectivity index (χ0) is 27.8. The van der Waals surface area contributed by atoms with E-state index >= 15 is 0 Å². The monoisotopic (exact) mass is 524 g/mol. The lowest BCUT2D eigenvalue weighted by Gasteiger charge is -2.37. The lowest BCUT2D eigenvalue weighted by Crippen LogP contribution is -2.31. The number of methoxy groups -OCH3 is 3. The van der Waals surface area contributed by atoms with Crippen LogP contribution in [0, 0.1) is 0 Å². The molecule has 1 atom stereocenters. The van der Waals surface area contributed by atoms with Crippen LogP contribution in [0.5, 0.6) is 23.0 Å². The Kier molecular flexibility index (Phi) is 8.56. The Labute approximate surface area is 229 Å². The number of esters is 1. The Hall–Kier alpha value is -4.71. The highest BCUT2D eigenvalue weighted by atomic mass is 16.7. The summed E-state index contributed by atoms with van der Waals surface area (Å²) in [6.45, 7) is 5.08. The van der Waals surface area contributed by atoms with Crippen LogP contribution in [0.15, 0.2) is 110 Å². The molecular weight excluding hydrogens is 492 g/mol. The number of carbonyl (C=O) groups excluding carboxylic acids is 1. The van der Waals surface area contributed by atoms with E-state index in [9.17, 15) is 4.79 Å². The lowest BCUT2D eigenvalue weighted by atomic mass is 9.65. The van der Waals surface area contributed by atoms with E-state index in [1.807, 2.05) is 60.7 Å². The highest BCUT2D eigenvalue weighted by Gasteiger charge is 2.38. The SMILES string of the molecule is C=CC(=O)OC(C)Oc1ccc(C(c2ccc(OC)cc2)(c2ccc(OC)cc2)c2ccc(OC)cc2)cc1. The summed E-state index contributed by atoms with van der Waals surface area (Å²) in [6.07, 6.45) is 0.339. The second-order valence-electron chi connectivity index (χ2n) is 8.79. The van der Waals surface area contributed by atoms with Gasteiger partial charge in [-0.1, -0.05) is 55.1 Å². The van der Waals surface area contributed by atoms with Crippen LogP contribution >= 0.6 is 0 Å². The summed E-state index contributed by atoms with van der Waals surface area (Å²) in [5.41, 5.74) is 3.43. The molecule has 6 heteroatoms. The maximum Gasteiger partial charge on any atom is 0.333 e. The first-order valence-electron chi connectivity index (χ1n) is 12.5. The van der Waals surface area contributed by atoms with Gasteiger partial charge >= 0.3 is 5.97 Å². The highest BCUT2D eigenvalue weighted by molar-refractivity contribution is 5.81. The summed E-state index contributed by atoms with van der Waals surface area (Å²) in [6, 6.07) is 32.0. The third-order valence-electron chi connectivity index (χ3n) is 6.61. The standard InChI is InChI=1S/C33H32O6/c1-6-32(34)39-23(2)38-31-21-13-27(14-22-31)33(24-7-15-28(35-3)16-8-24,25-9-17-29(36-4)18-10-25)26-11-19-30(37-5)20-12-26/h6-23H,1H2,2-5H3. The molecule has 0 aliphatic heterocycles. The number of hydrogen-bond acceptors (Lipinski definition) is 6. The highest BCUT2D eigenvalue weighted by Crippen LogP contribution is 2.46. The summed E-state index contributed by atoms with van der Waals surface area (Å²) < 4.78 is 27.4. The van der Waals surface area contributed by atoms with Gasteiger partial charge in [-0.15, -0.1) is 0 Å². The molecule has 0 aliphatic carbocycles. The molecule has 39 heavy (non-hydrogen) atoms. The van der Waals surface area contributed by atoms with Gasteiger partial charge in [-0.3, -0.25) is 0 Å². The van der Waals surface area contributed by atoms with Crippen LogP contribution in [0.1, 0.15) is 29.2 Å². The molecule has 4 rings (SSSR count). The number of benzene rings is 4. The Morgan fingerprint density at radius 1 is 0.615 bits per heavy atom. The van der Waals surface area contributed by atoms with Crippen molar-refractivity contribution in [3.63, 3.8) is 0 Å². The zero-order valence-electron chi connectivity index (χ0n) is 22.5. The van der Waals surface area contributed by atoms with Crippen LogP contribution in [0.4, 0.5) is 0 Å². The minimum Gasteiger partial charge on any atom is -0.497 e. The van der Waals surface area contributed by atoms with Gasteiger partial charge in [-0.25, -0.2) is 4.79 Å². The fourth-order valence-corrected chi connectivity index (χ4v) is 4.73. The molecule has 4 aromatic rings. The van der Waals surface area contributed by atoms with Crippen LogP contribution in [0.2, 0.25) is 0 Å². The maximum absolute atomic E-state index is 11.6. The number of ether oxygens (including phenoxy) is 5. The third-order valence-corrected chi connectivity index (χ3v) is 6.61. The van der Waals surface area contributed by atoms with Gasteiger partial charge < -0.3 is 23.7 Å². The van der Waals surface area contributed by atoms with Gasteiger partial charge in [-0.2, -0.15) is 0 Å². The van der Waals surface area contributed by atoms with E-state index in [1.165, 1.54) is 0 Å². The first kappa shape index (κ1) is 27.3. The van der Waals surface area contributed by atoms with E-state index in [2.05, 4.69) is 43.0 Å². The molecule has 0 radical (unpaired) electrons. The van der Waals surface area contributed by atoms with E-state index in [1.54, 1.807) is 28.3 Å². The van der Waals surface area contributed by atoms with Crippen molar-refractivity contribution in [3.05, 3.63) is 132 Å². The minimum absolute atomic E-state index is 0.545. The predicted molar refractivity (Wildman–Crippen MR) is 151 cm³/mol. The van der Waals surface area contributed by atoms with Gasteiger partial charge in [0.05, 0.1) is 26.7 Å². The summed E-state index contributed by atoms with van der Waals surface area (Å²) in [4.78, 5) is 11.6. The predicted octanol–water partition coefficient (Wildman–Crippen LogP) is 6.55. The van der Waals surface area contributed by atoms with Gasteiger partial charge in [0.2, 0.25) is 6.29 Å². The lowest BCUT2D eigenvalue weighted by molar-refractivity contribution is -0.154. The van der Waals surface area contributed by atoms with Crippen molar-refractivity contribution in [2.24, 2.45) is 0 Å². The molecule has 0 spiro atoms. The molecule has 0 N–H and O–H groups in total. The molecule has 0 aliphatic rings. The molecule has 0 saturated carbocycles. The number of rotatable bonds is 11. The van der Waals surface area contributed by atoms with Gasteiger partial charge in [0.1, 0.15) is 23.0 Å². The van der Waals surface area contributed by atoms with Gasteiger partial charge in [-0.05, 0) is 70.8 Å². The normalized spacial score (nSPS) is 11.7. The molecule has 0 heterocycles. The molecule has 200 valence electrons. The largest absolute Gasteiger partial charge is 0.497 e. The van der Waals surface area contributed by atoms with E-state index in [-0.39, 0.29) is 0 Å². The van der Waals surface area contributed by atoms with Crippen molar-refractivity contribution in [3.8, 4) is 23.0 Å². The smallest absolute Gasteiger partial charge is 0.333 e. The van der Waals surface area contributed by atoms with Crippen LogP contribution in [-0.2, 0) is 14.9 Å². The first-order valence-corrected chi connectivity index (χ1v) is 12.5. The van der Waals surface area contributed by atoms with E-state index in [0.29, 0.717) is 5.75 Å². The number of carbonyl (C=O) groups is 1. The average molecular weight is 525 g/mol. The third kappa shape index (κ3) is 5.75. The van der Waals surface area contributed by atoms with Gasteiger partial charge in [0.15, 0.2) is 0 Å². The minimum atomic E-state index is -0.768. The average Bonchev–Trinajstić information content (AvgIpc) is 2.99. The molecule has 1 unspecified atom stereocenters. The van der Waals surface area contributed by atoms with E-state index < -0.39 is 17.7 Å². The Morgan fingerprint density at radius 2 is 0.923 bits per heavy atom. The molecular formula is C33H32O6. The molecule has 0 amide bonds. The fourth-order valence-electron chi connectivity index (χ4n) is 4.73. The van der Waals surface area contributed by atoms with Crippen LogP contribution < -0.4 is 18.9 Å². The molecule has 6 nitrogen and oxygen atoms in total. The first-order chi connectivity index (χ1) is 18.9.